The van der Waals surface area contributed by atoms with Gasteiger partial charge in [0, 0.05) is 17.9 Å². The molecular formula is C12H15NO5S. The van der Waals surface area contributed by atoms with Gasteiger partial charge in [-0.1, -0.05) is 6.07 Å². The molecule has 0 aliphatic heterocycles. The number of nitrogens with one attached hydrogen (secondary N) is 1. The number of carboxylic acid groups (broad SMARTS) is 1. The number of sulfone groups is 1. The van der Waals surface area contributed by atoms with Crippen molar-refractivity contribution >= 4 is 21.7 Å². The maximum atomic E-state index is 11.8. The van der Waals surface area contributed by atoms with Gasteiger partial charge in [-0.15, -0.1) is 0 Å². The fraction of sp³-hybridized carbons (Fsp3) is 0.333. The van der Waals surface area contributed by atoms with E-state index in [1.165, 1.54) is 24.3 Å². The van der Waals surface area contributed by atoms with Crippen LogP contribution in [0, 0.1) is 0 Å². The van der Waals surface area contributed by atoms with Crippen LogP contribution in [0.5, 0.6) is 0 Å². The Hall–Kier alpha value is -1.89. The molecule has 0 heterocycles. The number of aromatic carboxylic acids is 1. The van der Waals surface area contributed by atoms with Crippen LogP contribution in [0.3, 0.4) is 0 Å². The third kappa shape index (κ3) is 5.09. The second-order valence-electron chi connectivity index (χ2n) is 4.35. The molecule has 0 fully saturated rings. The fourth-order valence-electron chi connectivity index (χ4n) is 1.60. The van der Waals surface area contributed by atoms with Crippen LogP contribution in [0.4, 0.5) is 0 Å². The van der Waals surface area contributed by atoms with Gasteiger partial charge in [0.05, 0.1) is 11.3 Å². The Morgan fingerprint density at radius 3 is 2.42 bits per heavy atom. The van der Waals surface area contributed by atoms with Crippen LogP contribution >= 0.6 is 0 Å². The fourth-order valence-corrected chi connectivity index (χ4v) is 2.59. The van der Waals surface area contributed by atoms with Crippen LogP contribution in [0.1, 0.15) is 27.6 Å². The van der Waals surface area contributed by atoms with E-state index in [9.17, 15) is 18.0 Å². The second kappa shape index (κ2) is 5.83. The molecule has 1 unspecified atom stereocenters. The first-order valence-corrected chi connectivity index (χ1v) is 7.57. The number of carbonyl (C=O) groups is 2. The third-order valence-corrected chi connectivity index (χ3v) is 3.41. The highest BCUT2D eigenvalue weighted by Crippen LogP contribution is 2.06. The van der Waals surface area contributed by atoms with E-state index in [-0.39, 0.29) is 16.9 Å². The summed E-state index contributed by atoms with van der Waals surface area (Å²) < 4.78 is 22.1. The van der Waals surface area contributed by atoms with Gasteiger partial charge in [0.2, 0.25) is 0 Å². The standard InChI is InChI=1S/C12H15NO5S/c1-8(7-19(2,17)18)13-11(14)9-4-3-5-10(6-9)12(15)16/h3-6,8H,7H2,1-2H3,(H,13,14)(H,15,16). The van der Waals surface area contributed by atoms with Crippen molar-refractivity contribution in [2.24, 2.45) is 0 Å². The van der Waals surface area contributed by atoms with Crippen LogP contribution in [0.15, 0.2) is 24.3 Å². The van der Waals surface area contributed by atoms with Crippen molar-refractivity contribution in [1.82, 2.24) is 5.32 Å². The van der Waals surface area contributed by atoms with Crippen molar-refractivity contribution in [3.05, 3.63) is 35.4 Å². The van der Waals surface area contributed by atoms with E-state index in [0.29, 0.717) is 0 Å². The number of carbonyl (C=O) groups excluding carboxylic acids is 1. The van der Waals surface area contributed by atoms with Crippen molar-refractivity contribution < 1.29 is 23.1 Å². The molecule has 19 heavy (non-hydrogen) atoms. The minimum atomic E-state index is -3.18. The van der Waals surface area contributed by atoms with E-state index in [4.69, 9.17) is 5.11 Å². The van der Waals surface area contributed by atoms with Gasteiger partial charge in [0.25, 0.3) is 5.91 Å². The SMILES string of the molecule is CC(CS(C)(=O)=O)NC(=O)c1cccc(C(=O)O)c1. The highest BCUT2D eigenvalue weighted by atomic mass is 32.2. The minimum absolute atomic E-state index is 0.00316. The average Bonchev–Trinajstić information content (AvgIpc) is 2.26. The van der Waals surface area contributed by atoms with Crippen LogP contribution in [0.2, 0.25) is 0 Å². The van der Waals surface area contributed by atoms with Gasteiger partial charge in [-0.3, -0.25) is 4.79 Å². The molecule has 6 nitrogen and oxygen atoms in total. The van der Waals surface area contributed by atoms with Crippen LogP contribution in [-0.4, -0.2) is 43.5 Å². The van der Waals surface area contributed by atoms with Crippen molar-refractivity contribution in [1.29, 1.82) is 0 Å². The smallest absolute Gasteiger partial charge is 0.335 e. The minimum Gasteiger partial charge on any atom is -0.478 e. The predicted octanol–water partition coefficient (Wildman–Crippen LogP) is 0.548. The topological polar surface area (TPSA) is 101 Å². The zero-order valence-electron chi connectivity index (χ0n) is 10.6. The van der Waals surface area contributed by atoms with Crippen molar-refractivity contribution in [3.8, 4) is 0 Å². The number of hydrogen-bond donors (Lipinski definition) is 2. The Morgan fingerprint density at radius 1 is 1.32 bits per heavy atom. The zero-order valence-corrected chi connectivity index (χ0v) is 11.4. The van der Waals surface area contributed by atoms with Gasteiger partial charge >= 0.3 is 5.97 Å². The monoisotopic (exact) mass is 285 g/mol. The number of amides is 1. The summed E-state index contributed by atoms with van der Waals surface area (Å²) in [6.45, 7) is 1.57. The largest absolute Gasteiger partial charge is 0.478 e. The summed E-state index contributed by atoms with van der Waals surface area (Å²) in [6.07, 6.45) is 1.08. The Morgan fingerprint density at radius 2 is 1.89 bits per heavy atom. The van der Waals surface area contributed by atoms with Gasteiger partial charge in [-0.25, -0.2) is 13.2 Å². The summed E-state index contributed by atoms with van der Waals surface area (Å²) in [4.78, 5) is 22.6. The lowest BCUT2D eigenvalue weighted by Crippen LogP contribution is -2.37. The third-order valence-electron chi connectivity index (χ3n) is 2.30. The van der Waals surface area contributed by atoms with Crippen molar-refractivity contribution in [2.45, 2.75) is 13.0 Å². The highest BCUT2D eigenvalue weighted by Gasteiger charge is 2.15. The van der Waals surface area contributed by atoms with Gasteiger partial charge in [0.1, 0.15) is 9.84 Å². The molecule has 1 aromatic carbocycles. The van der Waals surface area contributed by atoms with Crippen LogP contribution < -0.4 is 5.32 Å². The molecule has 0 saturated heterocycles. The van der Waals surface area contributed by atoms with E-state index in [1.54, 1.807) is 6.92 Å². The van der Waals surface area contributed by atoms with E-state index in [0.717, 1.165) is 6.26 Å². The number of carboxylic acids is 1. The van der Waals surface area contributed by atoms with Crippen molar-refractivity contribution in [2.75, 3.05) is 12.0 Å². The van der Waals surface area contributed by atoms with Gasteiger partial charge in [-0.2, -0.15) is 0 Å². The molecule has 0 aromatic heterocycles. The summed E-state index contributed by atoms with van der Waals surface area (Å²) in [5, 5.41) is 11.3. The molecule has 0 aliphatic rings. The average molecular weight is 285 g/mol. The first-order chi connectivity index (χ1) is 8.69. The maximum absolute atomic E-state index is 11.8. The first-order valence-electron chi connectivity index (χ1n) is 5.51. The first kappa shape index (κ1) is 15.2. The highest BCUT2D eigenvalue weighted by molar-refractivity contribution is 7.90. The van der Waals surface area contributed by atoms with Crippen LogP contribution in [-0.2, 0) is 9.84 Å². The summed E-state index contributed by atoms with van der Waals surface area (Å²) in [5.41, 5.74) is 0.184. The Kier molecular flexibility index (Phi) is 4.66. The van der Waals surface area contributed by atoms with E-state index < -0.39 is 27.8 Å². The molecule has 0 bridgehead atoms. The summed E-state index contributed by atoms with van der Waals surface area (Å²) in [5.74, 6) is -1.80. The van der Waals surface area contributed by atoms with Crippen molar-refractivity contribution in [3.63, 3.8) is 0 Å². The number of benzene rings is 1. The summed E-state index contributed by atoms with van der Waals surface area (Å²) in [7, 11) is -3.18. The van der Waals surface area contributed by atoms with Crippen LogP contribution in [0.25, 0.3) is 0 Å². The lowest BCUT2D eigenvalue weighted by molar-refractivity contribution is 0.0697. The molecule has 0 aliphatic carbocycles. The summed E-state index contributed by atoms with van der Waals surface area (Å²) in [6, 6.07) is 4.99. The number of rotatable bonds is 5. The quantitative estimate of drug-likeness (QED) is 0.822. The lowest BCUT2D eigenvalue weighted by Gasteiger charge is -2.12. The molecule has 1 rings (SSSR count). The molecule has 2 N–H and O–H groups in total. The van der Waals surface area contributed by atoms with Gasteiger partial charge in [0.15, 0.2) is 0 Å². The maximum Gasteiger partial charge on any atom is 0.335 e. The van der Waals surface area contributed by atoms with E-state index in [1.807, 2.05) is 0 Å². The molecule has 0 radical (unpaired) electrons. The lowest BCUT2D eigenvalue weighted by atomic mass is 10.1. The molecule has 7 heteroatoms. The molecule has 104 valence electrons. The second-order valence-corrected chi connectivity index (χ2v) is 6.54. The molecule has 1 atom stereocenters. The normalized spacial score (nSPS) is 12.7. The predicted molar refractivity (Wildman–Crippen MR) is 70.0 cm³/mol. The van der Waals surface area contributed by atoms with E-state index >= 15 is 0 Å². The molecule has 0 saturated carbocycles. The zero-order chi connectivity index (χ0) is 14.6. The number of hydrogen-bond acceptors (Lipinski definition) is 4. The molecule has 0 spiro atoms. The molecular weight excluding hydrogens is 270 g/mol. The Balaban J connectivity index is 2.78. The summed E-state index contributed by atoms with van der Waals surface area (Å²) >= 11 is 0. The molecule has 1 amide bonds. The Labute approximate surface area is 111 Å². The van der Waals surface area contributed by atoms with E-state index in [2.05, 4.69) is 5.32 Å². The van der Waals surface area contributed by atoms with Gasteiger partial charge < -0.3 is 10.4 Å². The molecule has 1 aromatic rings. The van der Waals surface area contributed by atoms with Gasteiger partial charge in [-0.05, 0) is 25.1 Å². The Bertz CT molecular complexity index is 594.